The van der Waals surface area contributed by atoms with Crippen LogP contribution < -0.4 is 10.1 Å². The third-order valence-corrected chi connectivity index (χ3v) is 3.86. The predicted octanol–water partition coefficient (Wildman–Crippen LogP) is 2.99. The predicted molar refractivity (Wildman–Crippen MR) is 91.4 cm³/mol. The van der Waals surface area contributed by atoms with Crippen molar-refractivity contribution in [2.45, 2.75) is 12.5 Å². The summed E-state index contributed by atoms with van der Waals surface area (Å²) in [6, 6.07) is 14.0. The summed E-state index contributed by atoms with van der Waals surface area (Å²) in [5, 5.41) is 20.6. The van der Waals surface area contributed by atoms with Crippen LogP contribution in [-0.4, -0.2) is 28.3 Å². The van der Waals surface area contributed by atoms with Crippen molar-refractivity contribution in [3.8, 4) is 11.8 Å². The molecular formula is C18H16N4O3. The molecule has 3 aromatic rings. The molecule has 0 aliphatic carbocycles. The molecule has 3 rings (SSSR count). The summed E-state index contributed by atoms with van der Waals surface area (Å²) in [5.41, 5.74) is 2.83. The maximum atomic E-state index is 11.2. The molecule has 0 spiro atoms. The van der Waals surface area contributed by atoms with E-state index in [9.17, 15) is 4.79 Å². The number of nitrogens with zero attached hydrogens (tertiary/aromatic N) is 2. The van der Waals surface area contributed by atoms with E-state index < -0.39 is 12.1 Å². The minimum absolute atomic E-state index is 0.432. The van der Waals surface area contributed by atoms with Gasteiger partial charge in [0, 0.05) is 6.42 Å². The fourth-order valence-electron chi connectivity index (χ4n) is 2.63. The van der Waals surface area contributed by atoms with E-state index in [0.717, 1.165) is 11.3 Å². The average molecular weight is 336 g/mol. The molecule has 1 aromatic heterocycles. The van der Waals surface area contributed by atoms with Crippen LogP contribution in [0.1, 0.15) is 23.0 Å². The van der Waals surface area contributed by atoms with Gasteiger partial charge in [0.05, 0.1) is 35.8 Å². The summed E-state index contributed by atoms with van der Waals surface area (Å²) in [7, 11) is 1.59. The molecule has 3 N–H and O–H groups in total. The summed E-state index contributed by atoms with van der Waals surface area (Å²) < 4.78 is 5.13. The van der Waals surface area contributed by atoms with Gasteiger partial charge in [0.2, 0.25) is 0 Å². The Labute approximate surface area is 143 Å². The molecular weight excluding hydrogens is 320 g/mol. The van der Waals surface area contributed by atoms with Crippen molar-refractivity contribution in [3.05, 3.63) is 59.4 Å². The van der Waals surface area contributed by atoms with Crippen LogP contribution in [0.2, 0.25) is 0 Å². The molecule has 0 saturated carbocycles. The van der Waals surface area contributed by atoms with Gasteiger partial charge < -0.3 is 20.1 Å². The molecule has 2 aromatic carbocycles. The number of hydrogen-bond acceptors (Lipinski definition) is 4. The lowest BCUT2D eigenvalue weighted by Gasteiger charge is -2.15. The van der Waals surface area contributed by atoms with Crippen molar-refractivity contribution < 1.29 is 14.6 Å². The molecule has 0 radical (unpaired) electrons. The van der Waals surface area contributed by atoms with Gasteiger partial charge in [-0.1, -0.05) is 12.1 Å². The van der Waals surface area contributed by atoms with Gasteiger partial charge in [-0.25, -0.2) is 9.78 Å². The van der Waals surface area contributed by atoms with Crippen molar-refractivity contribution in [2.75, 3.05) is 7.11 Å². The number of benzene rings is 2. The Balaban J connectivity index is 1.91. The molecule has 0 bridgehead atoms. The van der Waals surface area contributed by atoms with E-state index in [2.05, 4.69) is 21.4 Å². The minimum Gasteiger partial charge on any atom is -0.497 e. The number of ether oxygens (including phenoxy) is 1. The molecule has 25 heavy (non-hydrogen) atoms. The number of rotatable bonds is 5. The number of aromatic nitrogens is 2. The Morgan fingerprint density at radius 2 is 2.12 bits per heavy atom. The van der Waals surface area contributed by atoms with Crippen molar-refractivity contribution >= 4 is 17.1 Å². The molecule has 1 atom stereocenters. The maximum absolute atomic E-state index is 11.2. The number of aromatic amines is 1. The Morgan fingerprint density at radius 1 is 1.36 bits per heavy atom. The lowest BCUT2D eigenvalue weighted by Crippen LogP contribution is -2.29. The van der Waals surface area contributed by atoms with Crippen LogP contribution in [0.15, 0.2) is 42.5 Å². The Bertz CT molecular complexity index is 941. The van der Waals surface area contributed by atoms with E-state index in [0.29, 0.717) is 28.8 Å². The monoisotopic (exact) mass is 336 g/mol. The highest BCUT2D eigenvalue weighted by molar-refractivity contribution is 5.77. The third kappa shape index (κ3) is 3.70. The van der Waals surface area contributed by atoms with Crippen molar-refractivity contribution in [1.82, 2.24) is 15.3 Å². The van der Waals surface area contributed by atoms with Crippen LogP contribution in [0.3, 0.4) is 0 Å². The van der Waals surface area contributed by atoms with Crippen LogP contribution in [0.4, 0.5) is 4.79 Å². The molecule has 126 valence electrons. The largest absolute Gasteiger partial charge is 0.497 e. The fourth-order valence-corrected chi connectivity index (χ4v) is 2.63. The summed E-state index contributed by atoms with van der Waals surface area (Å²) in [5.74, 6) is 1.24. The standard InChI is InChI=1S/C18H16N4O3/c1-25-13-5-2-11(3-6-13)8-16(22-18(23)24)17-20-14-7-4-12(10-19)9-15(14)21-17/h2-7,9,16,22H,8H2,1H3,(H,20,21)(H,23,24)/t16-/m1/s1. The van der Waals surface area contributed by atoms with E-state index in [1.54, 1.807) is 25.3 Å². The second kappa shape index (κ2) is 6.93. The highest BCUT2D eigenvalue weighted by atomic mass is 16.5. The lowest BCUT2D eigenvalue weighted by molar-refractivity contribution is 0.189. The molecule has 0 aliphatic heterocycles. The summed E-state index contributed by atoms with van der Waals surface area (Å²) >= 11 is 0. The summed E-state index contributed by atoms with van der Waals surface area (Å²) in [4.78, 5) is 18.7. The first-order valence-electron chi connectivity index (χ1n) is 7.61. The smallest absolute Gasteiger partial charge is 0.405 e. The molecule has 1 amide bonds. The number of hydrogen-bond donors (Lipinski definition) is 3. The van der Waals surface area contributed by atoms with Gasteiger partial charge in [0.25, 0.3) is 0 Å². The highest BCUT2D eigenvalue weighted by Crippen LogP contribution is 2.22. The zero-order valence-corrected chi connectivity index (χ0v) is 13.5. The zero-order chi connectivity index (χ0) is 17.8. The van der Waals surface area contributed by atoms with Gasteiger partial charge in [-0.15, -0.1) is 0 Å². The number of H-pyrrole nitrogens is 1. The second-order valence-electron chi connectivity index (χ2n) is 5.52. The van der Waals surface area contributed by atoms with Crippen molar-refractivity contribution in [1.29, 1.82) is 5.26 Å². The number of imidazole rings is 1. The van der Waals surface area contributed by atoms with Gasteiger partial charge in [-0.3, -0.25) is 0 Å². The van der Waals surface area contributed by atoms with Crippen LogP contribution in [0.25, 0.3) is 11.0 Å². The molecule has 7 heteroatoms. The third-order valence-electron chi connectivity index (χ3n) is 3.86. The first kappa shape index (κ1) is 16.3. The Morgan fingerprint density at radius 3 is 2.76 bits per heavy atom. The van der Waals surface area contributed by atoms with E-state index in [-0.39, 0.29) is 0 Å². The average Bonchev–Trinajstić information content (AvgIpc) is 3.04. The highest BCUT2D eigenvalue weighted by Gasteiger charge is 2.19. The number of carbonyl (C=O) groups is 1. The lowest BCUT2D eigenvalue weighted by atomic mass is 10.1. The van der Waals surface area contributed by atoms with E-state index >= 15 is 0 Å². The van der Waals surface area contributed by atoms with Crippen LogP contribution in [0.5, 0.6) is 5.75 Å². The van der Waals surface area contributed by atoms with Gasteiger partial charge in [0.15, 0.2) is 0 Å². The first-order valence-corrected chi connectivity index (χ1v) is 7.61. The van der Waals surface area contributed by atoms with Gasteiger partial charge >= 0.3 is 6.09 Å². The number of nitrogens with one attached hydrogen (secondary N) is 2. The summed E-state index contributed by atoms with van der Waals surface area (Å²) in [6.45, 7) is 0. The number of methoxy groups -OCH3 is 1. The topological polar surface area (TPSA) is 111 Å². The van der Waals surface area contributed by atoms with Crippen LogP contribution in [-0.2, 0) is 6.42 Å². The maximum Gasteiger partial charge on any atom is 0.405 e. The number of fused-ring (bicyclic) bond motifs is 1. The van der Waals surface area contributed by atoms with E-state index in [4.69, 9.17) is 15.1 Å². The molecule has 0 unspecified atom stereocenters. The van der Waals surface area contributed by atoms with Gasteiger partial charge in [0.1, 0.15) is 11.6 Å². The van der Waals surface area contributed by atoms with Gasteiger partial charge in [-0.05, 0) is 35.9 Å². The summed E-state index contributed by atoms with van der Waals surface area (Å²) in [6.07, 6.45) is -0.696. The van der Waals surface area contributed by atoms with E-state index in [1.165, 1.54) is 0 Å². The van der Waals surface area contributed by atoms with Gasteiger partial charge in [-0.2, -0.15) is 5.26 Å². The fraction of sp³-hybridized carbons (Fsp3) is 0.167. The van der Waals surface area contributed by atoms with Crippen LogP contribution >= 0.6 is 0 Å². The molecule has 0 saturated heterocycles. The zero-order valence-electron chi connectivity index (χ0n) is 13.5. The first-order chi connectivity index (χ1) is 12.1. The Hall–Kier alpha value is -3.53. The normalized spacial score (nSPS) is 11.7. The molecule has 0 aliphatic rings. The quantitative estimate of drug-likeness (QED) is 0.663. The second-order valence-corrected chi connectivity index (χ2v) is 5.52. The molecule has 1 heterocycles. The SMILES string of the molecule is COc1ccc(C[C@@H](NC(=O)O)c2nc3ccc(C#N)cc3[nH]2)cc1. The van der Waals surface area contributed by atoms with Crippen molar-refractivity contribution in [2.24, 2.45) is 0 Å². The van der Waals surface area contributed by atoms with E-state index in [1.807, 2.05) is 24.3 Å². The molecule has 7 nitrogen and oxygen atoms in total. The minimum atomic E-state index is -1.13. The number of nitriles is 1. The van der Waals surface area contributed by atoms with Crippen LogP contribution in [0, 0.1) is 11.3 Å². The molecule has 0 fully saturated rings. The van der Waals surface area contributed by atoms with Crippen molar-refractivity contribution in [3.63, 3.8) is 0 Å². The Kier molecular flexibility index (Phi) is 4.53. The number of amides is 1. The number of carboxylic acid groups (broad SMARTS) is 1.